The summed E-state index contributed by atoms with van der Waals surface area (Å²) in [6, 6.07) is 3.12. The Hall–Kier alpha value is -2.22. The molecule has 0 spiro atoms. The van der Waals surface area contributed by atoms with Crippen LogP contribution in [0.4, 0.5) is 19.0 Å². The molecule has 1 aliphatic rings. The number of nitrogens with zero attached hydrogens (tertiary/aromatic N) is 4. The Kier molecular flexibility index (Phi) is 5.17. The third kappa shape index (κ3) is 4.88. The highest BCUT2D eigenvalue weighted by Gasteiger charge is 2.33. The van der Waals surface area contributed by atoms with Crippen molar-refractivity contribution in [1.29, 1.82) is 0 Å². The largest absolute Gasteiger partial charge is 0.433 e. The molecule has 3 rings (SSSR count). The maximum absolute atomic E-state index is 12.8. The summed E-state index contributed by atoms with van der Waals surface area (Å²) in [5.41, 5.74) is 1.33. The molecule has 3 heterocycles. The smallest absolute Gasteiger partial charge is 0.366 e. The predicted octanol–water partition coefficient (Wildman–Crippen LogP) is 3.28. The van der Waals surface area contributed by atoms with Crippen molar-refractivity contribution in [2.75, 3.05) is 18.4 Å². The van der Waals surface area contributed by atoms with E-state index in [0.717, 1.165) is 56.0 Å². The van der Waals surface area contributed by atoms with E-state index in [1.165, 1.54) is 0 Å². The van der Waals surface area contributed by atoms with E-state index in [4.69, 9.17) is 0 Å². The molecular weight excluding hydrogens is 331 g/mol. The van der Waals surface area contributed by atoms with Gasteiger partial charge in [-0.05, 0) is 37.4 Å². The highest BCUT2D eigenvalue weighted by atomic mass is 19.4. The second-order valence-corrected chi connectivity index (χ2v) is 6.38. The number of rotatable bonds is 4. The molecule has 2 aromatic rings. The monoisotopic (exact) mass is 351 g/mol. The van der Waals surface area contributed by atoms with Crippen LogP contribution in [0, 0.1) is 6.92 Å². The SMILES string of the molecule is Cc1cncc(CN2CCCC(Nc3cc(C(F)(F)F)ncn3)C2)c1. The third-order valence-electron chi connectivity index (χ3n) is 4.15. The Morgan fingerprint density at radius 2 is 2.08 bits per heavy atom. The molecule has 5 nitrogen and oxygen atoms in total. The summed E-state index contributed by atoms with van der Waals surface area (Å²) in [5, 5.41) is 3.11. The summed E-state index contributed by atoms with van der Waals surface area (Å²) in [6.07, 6.45) is 2.03. The number of aromatic nitrogens is 3. The van der Waals surface area contributed by atoms with Crippen LogP contribution in [0.15, 0.2) is 30.9 Å². The van der Waals surface area contributed by atoms with Gasteiger partial charge in [0.2, 0.25) is 0 Å². The number of likely N-dealkylation sites (tertiary alicyclic amines) is 1. The molecule has 0 aliphatic carbocycles. The van der Waals surface area contributed by atoms with Crippen molar-refractivity contribution >= 4 is 5.82 Å². The maximum Gasteiger partial charge on any atom is 0.433 e. The van der Waals surface area contributed by atoms with Crippen LogP contribution in [-0.2, 0) is 12.7 Å². The normalized spacial score (nSPS) is 19.0. The van der Waals surface area contributed by atoms with Gasteiger partial charge >= 0.3 is 6.18 Å². The minimum Gasteiger partial charge on any atom is -0.366 e. The minimum atomic E-state index is -4.46. The average molecular weight is 351 g/mol. The van der Waals surface area contributed by atoms with Gasteiger partial charge in [0.1, 0.15) is 17.8 Å². The van der Waals surface area contributed by atoms with E-state index in [9.17, 15) is 13.2 Å². The van der Waals surface area contributed by atoms with Crippen LogP contribution in [0.1, 0.15) is 29.7 Å². The molecule has 1 unspecified atom stereocenters. The number of nitrogens with one attached hydrogen (secondary N) is 1. The summed E-state index contributed by atoms with van der Waals surface area (Å²) in [4.78, 5) is 13.7. The second kappa shape index (κ2) is 7.35. The molecule has 8 heteroatoms. The van der Waals surface area contributed by atoms with Gasteiger partial charge in [-0.15, -0.1) is 0 Å². The Labute approximate surface area is 144 Å². The first kappa shape index (κ1) is 17.6. The van der Waals surface area contributed by atoms with Crippen molar-refractivity contribution in [3.8, 4) is 0 Å². The Morgan fingerprint density at radius 3 is 2.84 bits per heavy atom. The molecule has 1 saturated heterocycles. The Bertz CT molecular complexity index is 719. The van der Waals surface area contributed by atoms with E-state index < -0.39 is 11.9 Å². The van der Waals surface area contributed by atoms with Gasteiger partial charge < -0.3 is 5.32 Å². The average Bonchev–Trinajstić information content (AvgIpc) is 2.55. The second-order valence-electron chi connectivity index (χ2n) is 6.38. The number of anilines is 1. The molecule has 1 N–H and O–H groups in total. The zero-order valence-electron chi connectivity index (χ0n) is 13.9. The molecule has 1 atom stereocenters. The zero-order valence-corrected chi connectivity index (χ0v) is 13.9. The van der Waals surface area contributed by atoms with Gasteiger partial charge in [-0.1, -0.05) is 6.07 Å². The lowest BCUT2D eigenvalue weighted by Crippen LogP contribution is -2.41. The fraction of sp³-hybridized carbons (Fsp3) is 0.471. The van der Waals surface area contributed by atoms with E-state index in [1.54, 1.807) is 0 Å². The predicted molar refractivity (Wildman–Crippen MR) is 87.9 cm³/mol. The van der Waals surface area contributed by atoms with Gasteiger partial charge in [-0.25, -0.2) is 9.97 Å². The summed E-state index contributed by atoms with van der Waals surface area (Å²) in [7, 11) is 0. The highest BCUT2D eigenvalue weighted by Crippen LogP contribution is 2.28. The van der Waals surface area contributed by atoms with E-state index in [2.05, 4.69) is 31.2 Å². The van der Waals surface area contributed by atoms with Gasteiger partial charge in [0.15, 0.2) is 0 Å². The van der Waals surface area contributed by atoms with Gasteiger partial charge in [-0.2, -0.15) is 13.2 Å². The quantitative estimate of drug-likeness (QED) is 0.916. The summed E-state index contributed by atoms with van der Waals surface area (Å²) in [5.74, 6) is 0.214. The maximum atomic E-state index is 12.8. The van der Waals surface area contributed by atoms with Crippen LogP contribution in [0.3, 0.4) is 0 Å². The number of pyridine rings is 1. The highest BCUT2D eigenvalue weighted by molar-refractivity contribution is 5.37. The van der Waals surface area contributed by atoms with Gasteiger partial charge in [0.05, 0.1) is 0 Å². The lowest BCUT2D eigenvalue weighted by Gasteiger charge is -2.33. The molecular formula is C17H20F3N5. The third-order valence-corrected chi connectivity index (χ3v) is 4.15. The van der Waals surface area contributed by atoms with Crippen LogP contribution >= 0.6 is 0 Å². The first-order chi connectivity index (χ1) is 11.9. The van der Waals surface area contributed by atoms with Crippen LogP contribution in [0.2, 0.25) is 0 Å². The zero-order chi connectivity index (χ0) is 17.9. The summed E-state index contributed by atoms with van der Waals surface area (Å²) < 4.78 is 38.3. The summed E-state index contributed by atoms with van der Waals surface area (Å²) in [6.45, 7) is 4.50. The van der Waals surface area contributed by atoms with E-state index in [1.807, 2.05) is 19.3 Å². The molecule has 0 aromatic carbocycles. The van der Waals surface area contributed by atoms with Crippen molar-refractivity contribution < 1.29 is 13.2 Å². The fourth-order valence-electron chi connectivity index (χ4n) is 3.08. The van der Waals surface area contributed by atoms with Crippen LogP contribution in [0.25, 0.3) is 0 Å². The molecule has 1 aliphatic heterocycles. The molecule has 2 aromatic heterocycles. The molecule has 0 saturated carbocycles. The van der Waals surface area contributed by atoms with Crippen molar-refractivity contribution in [2.24, 2.45) is 0 Å². The lowest BCUT2D eigenvalue weighted by molar-refractivity contribution is -0.141. The van der Waals surface area contributed by atoms with Crippen LogP contribution in [-0.4, -0.2) is 39.0 Å². The molecule has 134 valence electrons. The van der Waals surface area contributed by atoms with Crippen molar-refractivity contribution in [3.05, 3.63) is 47.7 Å². The fourth-order valence-corrected chi connectivity index (χ4v) is 3.08. The molecule has 1 fully saturated rings. The lowest BCUT2D eigenvalue weighted by atomic mass is 10.0. The first-order valence-electron chi connectivity index (χ1n) is 8.19. The van der Waals surface area contributed by atoms with Crippen molar-refractivity contribution in [3.63, 3.8) is 0 Å². The number of aryl methyl sites for hydroxylation is 1. The van der Waals surface area contributed by atoms with Crippen molar-refractivity contribution in [1.82, 2.24) is 19.9 Å². The van der Waals surface area contributed by atoms with Gasteiger partial charge in [0.25, 0.3) is 0 Å². The van der Waals surface area contributed by atoms with Crippen molar-refractivity contribution in [2.45, 2.75) is 38.5 Å². The standard InChI is InChI=1S/C17H20F3N5/c1-12-5-13(8-21-7-12)9-25-4-2-3-14(10-25)24-16-6-15(17(18,19)20)22-11-23-16/h5-8,11,14H,2-4,9-10H2,1H3,(H,22,23,24). The van der Waals surface area contributed by atoms with E-state index >= 15 is 0 Å². The molecule has 25 heavy (non-hydrogen) atoms. The first-order valence-corrected chi connectivity index (χ1v) is 8.19. The molecule has 0 amide bonds. The Balaban J connectivity index is 1.62. The number of piperidine rings is 1. The number of hydrogen-bond acceptors (Lipinski definition) is 5. The minimum absolute atomic E-state index is 0.0579. The molecule has 0 bridgehead atoms. The van der Waals surface area contributed by atoms with Crippen LogP contribution < -0.4 is 5.32 Å². The summed E-state index contributed by atoms with van der Waals surface area (Å²) >= 11 is 0. The van der Waals surface area contributed by atoms with Gasteiger partial charge in [0, 0.05) is 37.6 Å². The molecule has 0 radical (unpaired) electrons. The van der Waals surface area contributed by atoms with Crippen LogP contribution in [0.5, 0.6) is 0 Å². The number of halogens is 3. The Morgan fingerprint density at radius 1 is 1.24 bits per heavy atom. The topological polar surface area (TPSA) is 53.9 Å². The van der Waals surface area contributed by atoms with E-state index in [-0.39, 0.29) is 11.9 Å². The number of hydrogen-bond donors (Lipinski definition) is 1. The number of alkyl halides is 3. The van der Waals surface area contributed by atoms with E-state index in [0.29, 0.717) is 0 Å². The van der Waals surface area contributed by atoms with Gasteiger partial charge in [-0.3, -0.25) is 9.88 Å².